The number of carbonyl (C=O) groups is 2. The molecule has 0 fully saturated rings. The van der Waals surface area contributed by atoms with E-state index in [1.807, 2.05) is 30.0 Å². The number of anilines is 1. The number of hydrogen-bond donors (Lipinski definition) is 1. The highest BCUT2D eigenvalue weighted by Gasteiger charge is 2.12. The molecule has 21 heavy (non-hydrogen) atoms. The number of rotatable bonds is 6. The highest BCUT2D eigenvalue weighted by atomic mass is 79.9. The van der Waals surface area contributed by atoms with Crippen molar-refractivity contribution in [1.82, 2.24) is 4.90 Å². The molecule has 1 aromatic carbocycles. The van der Waals surface area contributed by atoms with Gasteiger partial charge < -0.3 is 14.9 Å². The lowest BCUT2D eigenvalue weighted by molar-refractivity contribution is -0.131. The molecule has 6 heteroatoms. The Kier molecular flexibility index (Phi) is 6.42. The first-order valence-corrected chi connectivity index (χ1v) is 7.30. The van der Waals surface area contributed by atoms with E-state index in [1.165, 1.54) is 6.08 Å². The Labute approximate surface area is 133 Å². The van der Waals surface area contributed by atoms with Crippen molar-refractivity contribution in [3.63, 3.8) is 0 Å². The lowest BCUT2D eigenvalue weighted by Gasteiger charge is -2.24. The van der Waals surface area contributed by atoms with E-state index in [1.54, 1.807) is 19.0 Å². The third kappa shape index (κ3) is 5.23. The molecule has 0 unspecified atom stereocenters. The van der Waals surface area contributed by atoms with Gasteiger partial charge in [0.1, 0.15) is 0 Å². The molecule has 0 aliphatic heterocycles. The van der Waals surface area contributed by atoms with Gasteiger partial charge in [0, 0.05) is 36.9 Å². The van der Waals surface area contributed by atoms with Gasteiger partial charge in [-0.1, -0.05) is 22.0 Å². The van der Waals surface area contributed by atoms with Crippen LogP contribution in [0.2, 0.25) is 0 Å². The van der Waals surface area contributed by atoms with Crippen LogP contribution in [0.3, 0.4) is 0 Å². The van der Waals surface area contributed by atoms with E-state index in [0.29, 0.717) is 13.1 Å². The number of amides is 1. The van der Waals surface area contributed by atoms with Gasteiger partial charge in [-0.05, 0) is 30.7 Å². The molecule has 0 spiro atoms. The molecular weight excluding hydrogens is 336 g/mol. The highest BCUT2D eigenvalue weighted by Crippen LogP contribution is 2.25. The van der Waals surface area contributed by atoms with Crippen molar-refractivity contribution in [2.24, 2.45) is 0 Å². The fourth-order valence-corrected chi connectivity index (χ4v) is 2.20. The van der Waals surface area contributed by atoms with Crippen molar-refractivity contribution in [3.05, 3.63) is 34.3 Å². The molecule has 0 bridgehead atoms. The standard InChI is InChI=1S/C15H19BrN2O3/c1-4-18(10-14(19)17(2)3)12-7-5-11(13(16)9-12)6-8-15(20)21/h5-9H,4,10H2,1-3H3,(H,20,21)/b8-6+. The largest absolute Gasteiger partial charge is 0.478 e. The van der Waals surface area contributed by atoms with Crippen molar-refractivity contribution in [1.29, 1.82) is 0 Å². The Balaban J connectivity index is 2.95. The van der Waals surface area contributed by atoms with Gasteiger partial charge in [0.15, 0.2) is 0 Å². The van der Waals surface area contributed by atoms with E-state index in [4.69, 9.17) is 5.11 Å². The Morgan fingerprint density at radius 3 is 2.48 bits per heavy atom. The molecule has 0 saturated carbocycles. The third-order valence-corrected chi connectivity index (χ3v) is 3.65. The molecule has 5 nitrogen and oxygen atoms in total. The molecule has 0 aliphatic carbocycles. The van der Waals surface area contributed by atoms with Crippen molar-refractivity contribution >= 4 is 39.6 Å². The van der Waals surface area contributed by atoms with Gasteiger partial charge in [0.05, 0.1) is 6.54 Å². The van der Waals surface area contributed by atoms with Gasteiger partial charge in [0.2, 0.25) is 5.91 Å². The maximum Gasteiger partial charge on any atom is 0.328 e. The molecule has 114 valence electrons. The SMILES string of the molecule is CCN(CC(=O)N(C)C)c1ccc(/C=C/C(=O)O)c(Br)c1. The zero-order chi connectivity index (χ0) is 16.0. The number of benzene rings is 1. The number of aliphatic carboxylic acids is 1. The second-order valence-electron chi connectivity index (χ2n) is 4.68. The molecule has 1 rings (SSSR count). The van der Waals surface area contributed by atoms with Crippen LogP contribution >= 0.6 is 15.9 Å². The first-order valence-electron chi connectivity index (χ1n) is 6.50. The van der Waals surface area contributed by atoms with Crippen LogP contribution in [0.4, 0.5) is 5.69 Å². The number of carboxylic acid groups (broad SMARTS) is 1. The van der Waals surface area contributed by atoms with Gasteiger partial charge in [-0.15, -0.1) is 0 Å². The molecule has 1 N–H and O–H groups in total. The maximum atomic E-state index is 11.8. The molecule has 0 radical (unpaired) electrons. The Hall–Kier alpha value is -1.82. The highest BCUT2D eigenvalue weighted by molar-refractivity contribution is 9.10. The lowest BCUT2D eigenvalue weighted by atomic mass is 10.1. The van der Waals surface area contributed by atoms with Crippen LogP contribution in [0.25, 0.3) is 6.08 Å². The van der Waals surface area contributed by atoms with E-state index < -0.39 is 5.97 Å². The molecule has 0 aliphatic rings. The van der Waals surface area contributed by atoms with Crippen molar-refractivity contribution < 1.29 is 14.7 Å². The summed E-state index contributed by atoms with van der Waals surface area (Å²) in [6, 6.07) is 5.58. The van der Waals surface area contributed by atoms with E-state index in [2.05, 4.69) is 15.9 Å². The number of nitrogens with zero attached hydrogens (tertiary/aromatic N) is 2. The fourth-order valence-electron chi connectivity index (χ4n) is 1.70. The minimum absolute atomic E-state index is 0.0304. The van der Waals surface area contributed by atoms with Gasteiger partial charge in [-0.2, -0.15) is 0 Å². The predicted molar refractivity (Wildman–Crippen MR) is 87.4 cm³/mol. The summed E-state index contributed by atoms with van der Waals surface area (Å²) in [6.45, 7) is 2.99. The van der Waals surface area contributed by atoms with E-state index >= 15 is 0 Å². The smallest absolute Gasteiger partial charge is 0.328 e. The Morgan fingerprint density at radius 1 is 1.33 bits per heavy atom. The minimum atomic E-state index is -0.988. The monoisotopic (exact) mass is 354 g/mol. The van der Waals surface area contributed by atoms with Gasteiger partial charge in [-0.3, -0.25) is 4.79 Å². The quantitative estimate of drug-likeness (QED) is 0.797. The summed E-state index contributed by atoms with van der Waals surface area (Å²) in [5.41, 5.74) is 1.68. The third-order valence-electron chi connectivity index (χ3n) is 2.96. The average Bonchev–Trinajstić information content (AvgIpc) is 2.42. The molecule has 0 heterocycles. The topological polar surface area (TPSA) is 60.9 Å². The number of halogens is 1. The normalized spacial score (nSPS) is 10.7. The summed E-state index contributed by atoms with van der Waals surface area (Å²) in [5.74, 6) is -0.958. The molecule has 0 aromatic heterocycles. The van der Waals surface area contributed by atoms with Crippen LogP contribution in [0.5, 0.6) is 0 Å². The predicted octanol–water partition coefficient (Wildman–Crippen LogP) is 2.46. The first-order chi connectivity index (χ1) is 9.85. The average molecular weight is 355 g/mol. The van der Waals surface area contributed by atoms with Crippen LogP contribution in [0.15, 0.2) is 28.7 Å². The first kappa shape index (κ1) is 17.2. The number of carboxylic acids is 1. The van der Waals surface area contributed by atoms with E-state index in [-0.39, 0.29) is 5.91 Å². The minimum Gasteiger partial charge on any atom is -0.478 e. The zero-order valence-electron chi connectivity index (χ0n) is 12.3. The number of likely N-dealkylation sites (N-methyl/N-ethyl adjacent to an activating group) is 2. The summed E-state index contributed by atoms with van der Waals surface area (Å²) in [5, 5.41) is 8.65. The summed E-state index contributed by atoms with van der Waals surface area (Å²) < 4.78 is 0.785. The zero-order valence-corrected chi connectivity index (χ0v) is 13.9. The van der Waals surface area contributed by atoms with Crippen molar-refractivity contribution in [2.45, 2.75) is 6.92 Å². The number of carbonyl (C=O) groups excluding carboxylic acids is 1. The van der Waals surface area contributed by atoms with Crippen LogP contribution in [0.1, 0.15) is 12.5 Å². The summed E-state index contributed by atoms with van der Waals surface area (Å²) >= 11 is 3.42. The molecular formula is C15H19BrN2O3. The van der Waals surface area contributed by atoms with Crippen LogP contribution < -0.4 is 4.90 Å². The van der Waals surface area contributed by atoms with Crippen LogP contribution in [-0.2, 0) is 9.59 Å². The van der Waals surface area contributed by atoms with Gasteiger partial charge in [-0.25, -0.2) is 4.79 Å². The number of hydrogen-bond acceptors (Lipinski definition) is 3. The van der Waals surface area contributed by atoms with Gasteiger partial charge in [0.25, 0.3) is 0 Å². The van der Waals surface area contributed by atoms with Crippen LogP contribution in [-0.4, -0.2) is 49.1 Å². The van der Waals surface area contributed by atoms with Crippen molar-refractivity contribution in [2.75, 3.05) is 32.1 Å². The van der Waals surface area contributed by atoms with E-state index in [0.717, 1.165) is 21.8 Å². The summed E-state index contributed by atoms with van der Waals surface area (Å²) in [6.07, 6.45) is 2.62. The Morgan fingerprint density at radius 2 is 2.00 bits per heavy atom. The Bertz CT molecular complexity index is 556. The molecule has 1 amide bonds. The van der Waals surface area contributed by atoms with Crippen molar-refractivity contribution in [3.8, 4) is 0 Å². The summed E-state index contributed by atoms with van der Waals surface area (Å²) in [7, 11) is 3.46. The second-order valence-corrected chi connectivity index (χ2v) is 5.53. The molecule has 0 saturated heterocycles. The molecule has 1 aromatic rings. The van der Waals surface area contributed by atoms with E-state index in [9.17, 15) is 9.59 Å². The fraction of sp³-hybridized carbons (Fsp3) is 0.333. The molecule has 0 atom stereocenters. The summed E-state index contributed by atoms with van der Waals surface area (Å²) in [4.78, 5) is 25.9. The van der Waals surface area contributed by atoms with Gasteiger partial charge >= 0.3 is 5.97 Å². The maximum absolute atomic E-state index is 11.8. The van der Waals surface area contributed by atoms with Crippen LogP contribution in [0, 0.1) is 0 Å². The second kappa shape index (κ2) is 7.83. The lowest BCUT2D eigenvalue weighted by Crippen LogP contribution is -2.36.